The molecule has 9 nitrogen and oxygen atoms in total. The molecule has 1 fully saturated rings. The molecule has 1 aliphatic heterocycles. The molecule has 0 saturated carbocycles. The predicted octanol–water partition coefficient (Wildman–Crippen LogP) is 5.03. The first-order valence-electron chi connectivity index (χ1n) is 13.5. The van der Waals surface area contributed by atoms with Gasteiger partial charge in [-0.15, -0.1) is 0 Å². The topological polar surface area (TPSA) is 91.5 Å². The maximum Gasteiger partial charge on any atom is 0.331 e. The highest BCUT2D eigenvalue weighted by molar-refractivity contribution is 6.28. The third-order valence-corrected chi connectivity index (χ3v) is 7.92. The van der Waals surface area contributed by atoms with Gasteiger partial charge in [-0.3, -0.25) is 13.9 Å². The van der Waals surface area contributed by atoms with Crippen molar-refractivity contribution in [2.24, 2.45) is 7.05 Å². The van der Waals surface area contributed by atoms with E-state index in [-0.39, 0.29) is 22.6 Å². The van der Waals surface area contributed by atoms with Gasteiger partial charge in [0.15, 0.2) is 11.5 Å². The van der Waals surface area contributed by atoms with Gasteiger partial charge in [0.05, 0.1) is 23.5 Å². The molecule has 6 rings (SSSR count). The molecule has 3 aromatic carbocycles. The number of piperidine rings is 1. The van der Waals surface area contributed by atoms with Crippen LogP contribution in [0.5, 0.6) is 11.5 Å². The van der Waals surface area contributed by atoms with E-state index >= 15 is 0 Å². The van der Waals surface area contributed by atoms with Gasteiger partial charge in [0.1, 0.15) is 12.4 Å². The highest BCUT2D eigenvalue weighted by atomic mass is 35.5. The Morgan fingerprint density at radius 3 is 2.44 bits per heavy atom. The lowest BCUT2D eigenvalue weighted by atomic mass is 10.0. The fourth-order valence-electron chi connectivity index (χ4n) is 5.59. The highest BCUT2D eigenvalue weighted by Crippen LogP contribution is 2.37. The van der Waals surface area contributed by atoms with Gasteiger partial charge in [-0.05, 0) is 55.1 Å². The first kappa shape index (κ1) is 26.8. The Kier molecular flexibility index (Phi) is 7.13. The van der Waals surface area contributed by atoms with E-state index in [2.05, 4.69) is 14.9 Å². The second kappa shape index (κ2) is 10.9. The van der Waals surface area contributed by atoms with Crippen LogP contribution in [-0.4, -0.2) is 39.3 Å². The molecule has 0 bridgehead atoms. The second-order valence-electron chi connectivity index (χ2n) is 10.4. The summed E-state index contributed by atoms with van der Waals surface area (Å²) in [6.45, 7) is 3.50. The van der Waals surface area contributed by atoms with Crippen molar-refractivity contribution in [1.29, 1.82) is 0 Å². The number of ether oxygens (including phenoxy) is 2. The van der Waals surface area contributed by atoms with Crippen molar-refractivity contribution in [3.8, 4) is 11.5 Å². The monoisotopic (exact) mass is 571 g/mol. The number of anilines is 1. The number of halogens is 1. The Morgan fingerprint density at radius 1 is 0.951 bits per heavy atom. The summed E-state index contributed by atoms with van der Waals surface area (Å²) in [6, 6.07) is 19.0. The standard InChI is InChI=1S/C31H30ClN5O4/c1-19-9-10-25-23(15-19)29(38)37(31(39)35(25)2)21-11-13-36(14-12-21)28-22-16-26(40-3)27(17-24(22)33-30(32)34-28)41-18-20-7-5-4-6-8-20/h4-10,15-17,21H,11-14,18H2,1-3H3. The third kappa shape index (κ3) is 5.02. The predicted molar refractivity (Wildman–Crippen MR) is 161 cm³/mol. The zero-order valence-corrected chi connectivity index (χ0v) is 23.9. The van der Waals surface area contributed by atoms with Gasteiger partial charge < -0.3 is 14.4 Å². The van der Waals surface area contributed by atoms with Crippen molar-refractivity contribution in [1.82, 2.24) is 19.1 Å². The second-order valence-corrected chi connectivity index (χ2v) is 10.7. The van der Waals surface area contributed by atoms with Crippen molar-refractivity contribution >= 4 is 39.2 Å². The summed E-state index contributed by atoms with van der Waals surface area (Å²) < 4.78 is 14.7. The molecule has 10 heteroatoms. The summed E-state index contributed by atoms with van der Waals surface area (Å²) in [5.41, 5.74) is 2.76. The van der Waals surface area contributed by atoms with Gasteiger partial charge >= 0.3 is 5.69 Å². The van der Waals surface area contributed by atoms with Gasteiger partial charge in [0, 0.05) is 37.6 Å². The van der Waals surface area contributed by atoms with Gasteiger partial charge in [-0.25, -0.2) is 9.78 Å². The summed E-state index contributed by atoms with van der Waals surface area (Å²) >= 11 is 6.38. The zero-order chi connectivity index (χ0) is 28.7. The maximum atomic E-state index is 13.4. The molecule has 0 N–H and O–H groups in total. The average Bonchev–Trinajstić information content (AvgIpc) is 2.99. The molecule has 0 radical (unpaired) electrons. The Balaban J connectivity index is 1.29. The molecule has 3 heterocycles. The fraction of sp³-hybridized carbons (Fsp3) is 0.290. The van der Waals surface area contributed by atoms with Crippen LogP contribution < -0.4 is 25.6 Å². The molecule has 0 spiro atoms. The largest absolute Gasteiger partial charge is 0.493 e. The van der Waals surface area contributed by atoms with Crippen LogP contribution in [0.25, 0.3) is 21.8 Å². The summed E-state index contributed by atoms with van der Waals surface area (Å²) in [5.74, 6) is 1.81. The van der Waals surface area contributed by atoms with Crippen LogP contribution in [0, 0.1) is 6.92 Å². The Hall–Kier alpha value is -4.37. The van der Waals surface area contributed by atoms with E-state index < -0.39 is 0 Å². The minimum Gasteiger partial charge on any atom is -0.493 e. The minimum atomic E-state index is -0.298. The summed E-state index contributed by atoms with van der Waals surface area (Å²) in [5, 5.41) is 1.47. The van der Waals surface area contributed by atoms with E-state index in [0.29, 0.717) is 66.3 Å². The molecule has 1 saturated heterocycles. The minimum absolute atomic E-state index is 0.129. The normalized spacial score (nSPS) is 14.1. The summed E-state index contributed by atoms with van der Waals surface area (Å²) in [4.78, 5) is 37.8. The number of hydrogen-bond acceptors (Lipinski definition) is 7. The first-order valence-corrected chi connectivity index (χ1v) is 13.9. The lowest BCUT2D eigenvalue weighted by Crippen LogP contribution is -2.45. The quantitative estimate of drug-likeness (QED) is 0.264. The lowest BCUT2D eigenvalue weighted by Gasteiger charge is -2.34. The number of rotatable bonds is 6. The number of methoxy groups -OCH3 is 1. The van der Waals surface area contributed by atoms with E-state index in [1.165, 1.54) is 4.57 Å². The van der Waals surface area contributed by atoms with Crippen LogP contribution in [0.3, 0.4) is 0 Å². The number of benzene rings is 3. The number of aromatic nitrogens is 4. The Bertz CT molecular complexity index is 1880. The highest BCUT2D eigenvalue weighted by Gasteiger charge is 2.27. The fourth-order valence-corrected chi connectivity index (χ4v) is 5.77. The van der Waals surface area contributed by atoms with E-state index in [9.17, 15) is 9.59 Å². The van der Waals surface area contributed by atoms with Gasteiger partial charge in [0.25, 0.3) is 5.56 Å². The molecule has 2 aromatic heterocycles. The van der Waals surface area contributed by atoms with Crippen molar-refractivity contribution in [2.45, 2.75) is 32.4 Å². The van der Waals surface area contributed by atoms with E-state index in [1.54, 1.807) is 18.7 Å². The number of hydrogen-bond donors (Lipinski definition) is 0. The molecular formula is C31H30ClN5O4. The van der Waals surface area contributed by atoms with Crippen LogP contribution in [0.4, 0.5) is 5.82 Å². The molecule has 1 aliphatic rings. The third-order valence-electron chi connectivity index (χ3n) is 7.76. The maximum absolute atomic E-state index is 13.4. The number of fused-ring (bicyclic) bond motifs is 2. The summed E-state index contributed by atoms with van der Waals surface area (Å²) in [6.07, 6.45) is 1.20. The van der Waals surface area contributed by atoms with Crippen molar-refractivity contribution in [2.75, 3.05) is 25.1 Å². The van der Waals surface area contributed by atoms with Crippen LogP contribution in [0.2, 0.25) is 5.28 Å². The van der Waals surface area contributed by atoms with Crippen LogP contribution in [0.15, 0.2) is 70.3 Å². The molecule has 0 unspecified atom stereocenters. The zero-order valence-electron chi connectivity index (χ0n) is 23.1. The first-order chi connectivity index (χ1) is 19.8. The van der Waals surface area contributed by atoms with Crippen molar-refractivity contribution < 1.29 is 9.47 Å². The van der Waals surface area contributed by atoms with E-state index in [4.69, 9.17) is 21.1 Å². The smallest absolute Gasteiger partial charge is 0.331 e. The lowest BCUT2D eigenvalue weighted by molar-refractivity contribution is 0.285. The SMILES string of the molecule is COc1cc2c(N3CCC(n4c(=O)c5cc(C)ccc5n(C)c4=O)CC3)nc(Cl)nc2cc1OCc1ccccc1. The average molecular weight is 572 g/mol. The molecule has 5 aromatic rings. The van der Waals surface area contributed by atoms with E-state index in [1.807, 2.05) is 67.6 Å². The molecule has 210 valence electrons. The van der Waals surface area contributed by atoms with Crippen LogP contribution >= 0.6 is 11.6 Å². The summed E-state index contributed by atoms with van der Waals surface area (Å²) in [7, 11) is 3.31. The van der Waals surface area contributed by atoms with Crippen LogP contribution in [0.1, 0.15) is 30.0 Å². The van der Waals surface area contributed by atoms with Crippen molar-refractivity contribution in [3.05, 3.63) is 97.9 Å². The van der Waals surface area contributed by atoms with Gasteiger partial charge in [-0.1, -0.05) is 42.0 Å². The molecule has 0 atom stereocenters. The molecule has 0 amide bonds. The number of aryl methyl sites for hydroxylation is 2. The Labute approximate surface area is 241 Å². The molecule has 0 aliphatic carbocycles. The van der Waals surface area contributed by atoms with Crippen molar-refractivity contribution in [3.63, 3.8) is 0 Å². The van der Waals surface area contributed by atoms with Gasteiger partial charge in [-0.2, -0.15) is 4.98 Å². The van der Waals surface area contributed by atoms with Gasteiger partial charge in [0.2, 0.25) is 5.28 Å². The Morgan fingerprint density at radius 2 is 1.71 bits per heavy atom. The van der Waals surface area contributed by atoms with E-state index in [0.717, 1.165) is 16.5 Å². The number of nitrogens with zero attached hydrogens (tertiary/aromatic N) is 5. The molecular weight excluding hydrogens is 542 g/mol. The van der Waals surface area contributed by atoms with Crippen LogP contribution in [-0.2, 0) is 13.7 Å². The molecule has 41 heavy (non-hydrogen) atoms.